The normalized spacial score (nSPS) is 11.7. The molecule has 0 heterocycles. The van der Waals surface area contributed by atoms with Crippen LogP contribution in [0, 0.1) is 0 Å². The molecule has 2 rings (SSSR count). The molecule has 1 atom stereocenters. The van der Waals surface area contributed by atoms with Gasteiger partial charge in [0.05, 0.1) is 5.75 Å². The Bertz CT molecular complexity index is 797. The highest BCUT2D eigenvalue weighted by molar-refractivity contribution is 7.99. The summed E-state index contributed by atoms with van der Waals surface area (Å²) in [7, 11) is 0. The fraction of sp³-hybridized carbons (Fsp3) is 0.364. The third-order valence-electron chi connectivity index (χ3n) is 4.44. The molecule has 2 amide bonds. The lowest BCUT2D eigenvalue weighted by Crippen LogP contribution is -2.48. The van der Waals surface area contributed by atoms with Crippen molar-refractivity contribution in [1.82, 2.24) is 10.2 Å². The van der Waals surface area contributed by atoms with E-state index in [2.05, 4.69) is 5.32 Å². The lowest BCUT2D eigenvalue weighted by Gasteiger charge is -2.29. The second kappa shape index (κ2) is 12.1. The Hall–Kier alpha value is -1.69. The van der Waals surface area contributed by atoms with Gasteiger partial charge in [0.15, 0.2) is 0 Å². The minimum absolute atomic E-state index is 0.124. The van der Waals surface area contributed by atoms with E-state index in [4.69, 9.17) is 23.2 Å². The van der Waals surface area contributed by atoms with Crippen LogP contribution in [0.25, 0.3) is 0 Å². The monoisotopic (exact) mass is 452 g/mol. The average molecular weight is 453 g/mol. The highest BCUT2D eigenvalue weighted by Crippen LogP contribution is 2.27. The summed E-state index contributed by atoms with van der Waals surface area (Å²) in [6.45, 7) is 4.47. The van der Waals surface area contributed by atoms with Gasteiger partial charge < -0.3 is 10.2 Å². The predicted octanol–water partition coefficient (Wildman–Crippen LogP) is 5.17. The molecule has 4 nitrogen and oxygen atoms in total. The van der Waals surface area contributed by atoms with Gasteiger partial charge >= 0.3 is 0 Å². The summed E-state index contributed by atoms with van der Waals surface area (Å²) < 4.78 is 0. The molecule has 0 fully saturated rings. The Morgan fingerprint density at radius 3 is 2.34 bits per heavy atom. The van der Waals surface area contributed by atoms with Crippen molar-refractivity contribution in [1.29, 1.82) is 0 Å². The van der Waals surface area contributed by atoms with Crippen LogP contribution in [0.2, 0.25) is 10.0 Å². The number of carbonyl (C=O) groups excluding carboxylic acids is 2. The zero-order valence-electron chi connectivity index (χ0n) is 16.7. The molecule has 0 aliphatic heterocycles. The van der Waals surface area contributed by atoms with Crippen molar-refractivity contribution in [2.24, 2.45) is 0 Å². The third-order valence-corrected chi connectivity index (χ3v) is 6.14. The molecule has 0 radical (unpaired) electrons. The van der Waals surface area contributed by atoms with Gasteiger partial charge in [-0.2, -0.15) is 0 Å². The first-order valence-corrected chi connectivity index (χ1v) is 11.5. The lowest BCUT2D eigenvalue weighted by atomic mass is 10.1. The minimum atomic E-state index is -0.626. The van der Waals surface area contributed by atoms with Crippen LogP contribution in [0.4, 0.5) is 0 Å². The summed E-state index contributed by atoms with van der Waals surface area (Å²) in [6, 6.07) is 14.6. The van der Waals surface area contributed by atoms with Crippen LogP contribution in [-0.2, 0) is 21.9 Å². The Morgan fingerprint density at radius 2 is 1.72 bits per heavy atom. The quantitative estimate of drug-likeness (QED) is 0.540. The van der Waals surface area contributed by atoms with Crippen LogP contribution in [0.5, 0.6) is 0 Å². The summed E-state index contributed by atoms with van der Waals surface area (Å²) in [5, 5.41) is 3.82. The lowest BCUT2D eigenvalue weighted by molar-refractivity contribution is -0.138. The molecule has 2 aromatic rings. The molecule has 1 N–H and O–H groups in total. The minimum Gasteiger partial charge on any atom is -0.354 e. The van der Waals surface area contributed by atoms with E-state index in [0.717, 1.165) is 17.7 Å². The molecule has 29 heavy (non-hydrogen) atoms. The number of carbonyl (C=O) groups is 2. The molecule has 0 unspecified atom stereocenters. The average Bonchev–Trinajstić information content (AvgIpc) is 2.72. The summed E-state index contributed by atoms with van der Waals surface area (Å²) in [6.07, 6.45) is 0.829. The molecule has 0 aliphatic carbocycles. The SMILES string of the molecule is CCCNC(=O)[C@H](C)N(Cc1c(Cl)cccc1Cl)C(=O)CSCc1ccccc1. The summed E-state index contributed by atoms with van der Waals surface area (Å²) in [4.78, 5) is 27.1. The Labute approximate surface area is 187 Å². The van der Waals surface area contributed by atoms with Crippen molar-refractivity contribution in [3.8, 4) is 0 Å². The third kappa shape index (κ3) is 7.25. The van der Waals surface area contributed by atoms with Crippen LogP contribution < -0.4 is 5.32 Å². The Balaban J connectivity index is 2.12. The summed E-state index contributed by atoms with van der Waals surface area (Å²) in [5.74, 6) is 0.684. The molecule has 0 aromatic heterocycles. The number of benzene rings is 2. The van der Waals surface area contributed by atoms with E-state index >= 15 is 0 Å². The second-order valence-corrected chi connectivity index (χ2v) is 8.47. The van der Waals surface area contributed by atoms with E-state index in [1.165, 1.54) is 11.8 Å². The first kappa shape index (κ1) is 23.6. The zero-order valence-corrected chi connectivity index (χ0v) is 19.0. The Kier molecular flexibility index (Phi) is 9.85. The number of amides is 2. The maximum atomic E-state index is 13.0. The van der Waals surface area contributed by atoms with E-state index < -0.39 is 6.04 Å². The first-order chi connectivity index (χ1) is 13.9. The van der Waals surface area contributed by atoms with Crippen molar-refractivity contribution in [2.45, 2.75) is 38.6 Å². The van der Waals surface area contributed by atoms with Crippen molar-refractivity contribution in [3.63, 3.8) is 0 Å². The molecular weight excluding hydrogens is 427 g/mol. The van der Waals surface area contributed by atoms with Crippen LogP contribution >= 0.6 is 35.0 Å². The van der Waals surface area contributed by atoms with Gasteiger partial charge in [-0.25, -0.2) is 0 Å². The van der Waals surface area contributed by atoms with Gasteiger partial charge in [-0.05, 0) is 31.0 Å². The van der Waals surface area contributed by atoms with Gasteiger partial charge in [0.1, 0.15) is 6.04 Å². The number of halogens is 2. The highest BCUT2D eigenvalue weighted by Gasteiger charge is 2.27. The number of rotatable bonds is 10. The fourth-order valence-electron chi connectivity index (χ4n) is 2.75. The summed E-state index contributed by atoms with van der Waals surface area (Å²) in [5.41, 5.74) is 1.80. The van der Waals surface area contributed by atoms with Crippen molar-refractivity contribution >= 4 is 46.8 Å². The fourth-order valence-corrected chi connectivity index (χ4v) is 4.13. The van der Waals surface area contributed by atoms with Gasteiger partial charge in [-0.15, -0.1) is 11.8 Å². The summed E-state index contributed by atoms with van der Waals surface area (Å²) >= 11 is 14.1. The van der Waals surface area contributed by atoms with Gasteiger partial charge in [-0.1, -0.05) is 66.5 Å². The number of hydrogen-bond acceptors (Lipinski definition) is 3. The molecule has 0 saturated carbocycles. The van der Waals surface area contributed by atoms with E-state index in [0.29, 0.717) is 22.2 Å². The number of nitrogens with zero attached hydrogens (tertiary/aromatic N) is 1. The van der Waals surface area contributed by atoms with Crippen LogP contribution in [0.1, 0.15) is 31.4 Å². The topological polar surface area (TPSA) is 49.4 Å². The van der Waals surface area contributed by atoms with Gasteiger partial charge in [0, 0.05) is 34.5 Å². The Morgan fingerprint density at radius 1 is 1.07 bits per heavy atom. The first-order valence-electron chi connectivity index (χ1n) is 9.55. The van der Waals surface area contributed by atoms with Gasteiger partial charge in [0.25, 0.3) is 0 Å². The van der Waals surface area contributed by atoms with E-state index in [1.54, 1.807) is 30.0 Å². The van der Waals surface area contributed by atoms with E-state index in [1.807, 2.05) is 37.3 Å². The number of hydrogen-bond donors (Lipinski definition) is 1. The van der Waals surface area contributed by atoms with E-state index in [9.17, 15) is 9.59 Å². The standard InChI is InChI=1S/C22H26Cl2N2O2S/c1-3-12-25-22(28)16(2)26(13-18-19(23)10-7-11-20(18)24)21(27)15-29-14-17-8-5-4-6-9-17/h4-11,16H,3,12-15H2,1-2H3,(H,25,28)/t16-/m0/s1. The maximum Gasteiger partial charge on any atom is 0.242 e. The van der Waals surface area contributed by atoms with Gasteiger partial charge in [-0.3, -0.25) is 9.59 Å². The van der Waals surface area contributed by atoms with Crippen LogP contribution in [0.3, 0.4) is 0 Å². The maximum absolute atomic E-state index is 13.0. The van der Waals surface area contributed by atoms with Crippen LogP contribution in [0.15, 0.2) is 48.5 Å². The second-order valence-electron chi connectivity index (χ2n) is 6.67. The molecule has 0 spiro atoms. The molecule has 0 saturated heterocycles. The largest absolute Gasteiger partial charge is 0.354 e. The van der Waals surface area contributed by atoms with Gasteiger partial charge in [0.2, 0.25) is 11.8 Å². The molecule has 7 heteroatoms. The number of nitrogens with one attached hydrogen (secondary N) is 1. The van der Waals surface area contributed by atoms with Crippen molar-refractivity contribution in [3.05, 3.63) is 69.7 Å². The molecule has 2 aromatic carbocycles. The smallest absolute Gasteiger partial charge is 0.242 e. The zero-order chi connectivity index (χ0) is 21.2. The van der Waals surface area contributed by atoms with Crippen molar-refractivity contribution in [2.75, 3.05) is 12.3 Å². The van der Waals surface area contributed by atoms with Crippen LogP contribution in [-0.4, -0.2) is 35.1 Å². The molecular formula is C22H26Cl2N2O2S. The molecule has 0 aliphatic rings. The molecule has 0 bridgehead atoms. The molecule has 156 valence electrons. The predicted molar refractivity (Wildman–Crippen MR) is 122 cm³/mol. The highest BCUT2D eigenvalue weighted by atomic mass is 35.5. The number of thioether (sulfide) groups is 1. The van der Waals surface area contributed by atoms with Crippen molar-refractivity contribution < 1.29 is 9.59 Å². The van der Waals surface area contributed by atoms with E-state index in [-0.39, 0.29) is 24.1 Å².